The zero-order valence-corrected chi connectivity index (χ0v) is 13.2. The van der Waals surface area contributed by atoms with Gasteiger partial charge in [0.15, 0.2) is 0 Å². The Morgan fingerprint density at radius 2 is 1.85 bits per heavy atom. The Morgan fingerprint density at radius 1 is 1.15 bits per heavy atom. The predicted octanol–water partition coefficient (Wildman–Crippen LogP) is 3.74. The van der Waals surface area contributed by atoms with E-state index in [4.69, 9.17) is 4.74 Å². The van der Waals surface area contributed by atoms with Crippen molar-refractivity contribution in [1.29, 1.82) is 0 Å². The van der Waals surface area contributed by atoms with Crippen LogP contribution in [0, 0.1) is 12.8 Å². The van der Waals surface area contributed by atoms with Crippen molar-refractivity contribution in [2.45, 2.75) is 65.9 Å². The Morgan fingerprint density at radius 3 is 2.45 bits per heavy atom. The summed E-state index contributed by atoms with van der Waals surface area (Å²) in [7, 11) is 0. The Bertz CT molecular complexity index is 440. The molecular formula is C16H27N3O. The molecule has 0 atom stereocenters. The van der Waals surface area contributed by atoms with Gasteiger partial charge in [0, 0.05) is 13.0 Å². The molecule has 4 nitrogen and oxygen atoms in total. The molecule has 0 radical (unpaired) electrons. The molecule has 0 aromatic carbocycles. The molecule has 0 amide bonds. The van der Waals surface area contributed by atoms with Crippen molar-refractivity contribution in [1.82, 2.24) is 9.97 Å². The van der Waals surface area contributed by atoms with Crippen molar-refractivity contribution in [3.05, 3.63) is 11.4 Å². The predicted molar refractivity (Wildman–Crippen MR) is 82.4 cm³/mol. The minimum atomic E-state index is 0.319. The Kier molecular flexibility index (Phi) is 5.21. The van der Waals surface area contributed by atoms with Crippen LogP contribution in [0.4, 0.5) is 5.82 Å². The summed E-state index contributed by atoms with van der Waals surface area (Å²) in [6, 6.07) is 0. The van der Waals surface area contributed by atoms with Crippen LogP contribution in [0.15, 0.2) is 0 Å². The number of nitrogens with zero attached hydrogens (tertiary/aromatic N) is 2. The molecule has 1 fully saturated rings. The molecule has 0 spiro atoms. The lowest BCUT2D eigenvalue weighted by Gasteiger charge is -2.27. The summed E-state index contributed by atoms with van der Waals surface area (Å²) in [4.78, 5) is 9.12. The van der Waals surface area contributed by atoms with Gasteiger partial charge in [-0.25, -0.2) is 4.98 Å². The van der Waals surface area contributed by atoms with Gasteiger partial charge in [-0.1, -0.05) is 13.8 Å². The lowest BCUT2D eigenvalue weighted by molar-refractivity contribution is 0.129. The number of hydrogen-bond donors (Lipinski definition) is 1. The minimum absolute atomic E-state index is 0.319. The van der Waals surface area contributed by atoms with Crippen molar-refractivity contribution in [2.24, 2.45) is 5.92 Å². The average molecular weight is 277 g/mol. The molecule has 1 saturated carbocycles. The zero-order valence-electron chi connectivity index (χ0n) is 13.2. The molecule has 1 N–H and O–H groups in total. The maximum Gasteiger partial charge on any atom is 0.222 e. The summed E-state index contributed by atoms with van der Waals surface area (Å²) in [5.41, 5.74) is 1.03. The van der Waals surface area contributed by atoms with Crippen LogP contribution in [-0.4, -0.2) is 22.6 Å². The Balaban J connectivity index is 2.15. The highest BCUT2D eigenvalue weighted by Crippen LogP contribution is 2.29. The van der Waals surface area contributed by atoms with Gasteiger partial charge in [-0.15, -0.1) is 0 Å². The first-order valence-electron chi connectivity index (χ1n) is 7.92. The van der Waals surface area contributed by atoms with E-state index in [0.29, 0.717) is 6.10 Å². The summed E-state index contributed by atoms with van der Waals surface area (Å²) in [5, 5.41) is 3.30. The van der Waals surface area contributed by atoms with Crippen LogP contribution in [0.3, 0.4) is 0 Å². The third-order valence-corrected chi connectivity index (χ3v) is 4.05. The average Bonchev–Trinajstić information content (AvgIpc) is 2.45. The van der Waals surface area contributed by atoms with Crippen LogP contribution < -0.4 is 10.1 Å². The number of hydrogen-bond acceptors (Lipinski definition) is 4. The van der Waals surface area contributed by atoms with E-state index in [-0.39, 0.29) is 0 Å². The molecule has 0 unspecified atom stereocenters. The number of ether oxygens (including phenoxy) is 1. The van der Waals surface area contributed by atoms with E-state index in [1.807, 2.05) is 6.92 Å². The highest BCUT2D eigenvalue weighted by molar-refractivity contribution is 5.48. The van der Waals surface area contributed by atoms with Crippen molar-refractivity contribution in [3.63, 3.8) is 0 Å². The standard InChI is InChI=1S/C16H27N3O/c1-5-14-18-15(17-6-2)12(4)16(19-14)20-13-9-7-11(3)8-10-13/h11,13H,5-10H2,1-4H3,(H,17,18,19). The molecule has 1 aromatic rings. The smallest absolute Gasteiger partial charge is 0.222 e. The van der Waals surface area contributed by atoms with E-state index in [1.165, 1.54) is 12.8 Å². The SMILES string of the molecule is CCNc1nc(CC)nc(OC2CCC(C)CC2)c1C. The second kappa shape index (κ2) is 6.91. The van der Waals surface area contributed by atoms with Gasteiger partial charge in [-0.05, 0) is 45.4 Å². The third-order valence-electron chi connectivity index (χ3n) is 4.05. The summed E-state index contributed by atoms with van der Waals surface area (Å²) in [5.74, 6) is 3.38. The quantitative estimate of drug-likeness (QED) is 0.890. The lowest BCUT2D eigenvalue weighted by atomic mass is 9.89. The molecule has 112 valence electrons. The maximum atomic E-state index is 6.17. The fraction of sp³-hybridized carbons (Fsp3) is 0.750. The van der Waals surface area contributed by atoms with Gasteiger partial charge in [-0.3, -0.25) is 0 Å². The van der Waals surface area contributed by atoms with Crippen LogP contribution in [-0.2, 0) is 6.42 Å². The van der Waals surface area contributed by atoms with Crippen molar-refractivity contribution in [3.8, 4) is 5.88 Å². The number of anilines is 1. The topological polar surface area (TPSA) is 47.0 Å². The van der Waals surface area contributed by atoms with E-state index in [2.05, 4.69) is 36.1 Å². The van der Waals surface area contributed by atoms with Gasteiger partial charge in [0.2, 0.25) is 5.88 Å². The normalized spacial score (nSPS) is 22.6. The van der Waals surface area contributed by atoms with Crippen LogP contribution in [0.25, 0.3) is 0 Å². The molecule has 0 saturated heterocycles. The van der Waals surface area contributed by atoms with Crippen molar-refractivity contribution >= 4 is 5.82 Å². The number of nitrogens with one attached hydrogen (secondary N) is 1. The second-order valence-corrected chi connectivity index (χ2v) is 5.80. The maximum absolute atomic E-state index is 6.17. The summed E-state index contributed by atoms with van der Waals surface area (Å²) in [6.07, 6.45) is 5.95. The number of aromatic nitrogens is 2. The number of aryl methyl sites for hydroxylation is 1. The second-order valence-electron chi connectivity index (χ2n) is 5.80. The van der Waals surface area contributed by atoms with E-state index >= 15 is 0 Å². The summed E-state index contributed by atoms with van der Waals surface area (Å²) in [6.45, 7) is 9.38. The number of rotatable bonds is 5. The first-order chi connectivity index (χ1) is 9.63. The monoisotopic (exact) mass is 277 g/mol. The molecule has 20 heavy (non-hydrogen) atoms. The Hall–Kier alpha value is -1.32. The van der Waals surface area contributed by atoms with E-state index in [9.17, 15) is 0 Å². The third kappa shape index (κ3) is 3.62. The van der Waals surface area contributed by atoms with Gasteiger partial charge < -0.3 is 10.1 Å². The molecule has 0 bridgehead atoms. The van der Waals surface area contributed by atoms with Gasteiger partial charge in [-0.2, -0.15) is 4.98 Å². The van der Waals surface area contributed by atoms with Gasteiger partial charge in [0.05, 0.1) is 5.56 Å². The molecule has 4 heteroatoms. The zero-order chi connectivity index (χ0) is 14.5. The molecule has 1 aliphatic carbocycles. The van der Waals surface area contributed by atoms with Gasteiger partial charge in [0.25, 0.3) is 0 Å². The van der Waals surface area contributed by atoms with Crippen molar-refractivity contribution < 1.29 is 4.74 Å². The summed E-state index contributed by atoms with van der Waals surface area (Å²) < 4.78 is 6.17. The molecule has 1 aromatic heterocycles. The van der Waals surface area contributed by atoms with Crippen molar-refractivity contribution in [2.75, 3.05) is 11.9 Å². The molecule has 2 rings (SSSR count). The highest BCUT2D eigenvalue weighted by atomic mass is 16.5. The fourth-order valence-electron chi connectivity index (χ4n) is 2.66. The molecular weight excluding hydrogens is 250 g/mol. The highest BCUT2D eigenvalue weighted by Gasteiger charge is 2.21. The van der Waals surface area contributed by atoms with E-state index in [0.717, 1.165) is 54.8 Å². The molecule has 1 heterocycles. The minimum Gasteiger partial charge on any atom is -0.474 e. The summed E-state index contributed by atoms with van der Waals surface area (Å²) >= 11 is 0. The largest absolute Gasteiger partial charge is 0.474 e. The molecule has 1 aliphatic rings. The van der Waals surface area contributed by atoms with Crippen LogP contribution in [0.5, 0.6) is 5.88 Å². The first-order valence-corrected chi connectivity index (χ1v) is 7.92. The fourth-order valence-corrected chi connectivity index (χ4v) is 2.66. The van der Waals surface area contributed by atoms with Crippen LogP contribution >= 0.6 is 0 Å². The van der Waals surface area contributed by atoms with Crippen LogP contribution in [0.1, 0.15) is 57.8 Å². The van der Waals surface area contributed by atoms with Crippen LogP contribution in [0.2, 0.25) is 0 Å². The van der Waals surface area contributed by atoms with E-state index in [1.54, 1.807) is 0 Å². The lowest BCUT2D eigenvalue weighted by Crippen LogP contribution is -2.24. The van der Waals surface area contributed by atoms with Gasteiger partial charge in [0.1, 0.15) is 17.7 Å². The first kappa shape index (κ1) is 15.1. The molecule has 0 aliphatic heterocycles. The van der Waals surface area contributed by atoms with Gasteiger partial charge >= 0.3 is 0 Å². The van der Waals surface area contributed by atoms with E-state index < -0.39 is 0 Å². The Labute approximate surface area is 122 Å².